The number of aryl methyl sites for hydroxylation is 1. The summed E-state index contributed by atoms with van der Waals surface area (Å²) in [5, 5.41) is 1.24. The molecule has 2 aromatic heterocycles. The van der Waals surface area contributed by atoms with E-state index in [1.807, 2.05) is 17.5 Å². The van der Waals surface area contributed by atoms with Crippen LogP contribution >= 0.6 is 11.3 Å². The number of pyridine rings is 1. The SMILES string of the molecule is Cc1cc2c(N3CCCC(C(=O)N4CCC(Cc5ccccc5)CC4)C3)nccc2s1. The molecule has 1 atom stereocenters. The maximum absolute atomic E-state index is 13.3. The topological polar surface area (TPSA) is 36.4 Å². The third-order valence-corrected chi connectivity index (χ3v) is 7.93. The van der Waals surface area contributed by atoms with Crippen LogP contribution in [-0.4, -0.2) is 42.0 Å². The van der Waals surface area contributed by atoms with E-state index in [1.54, 1.807) is 0 Å². The molecule has 31 heavy (non-hydrogen) atoms. The molecule has 5 rings (SSSR count). The van der Waals surface area contributed by atoms with Gasteiger partial charge in [-0.15, -0.1) is 11.3 Å². The molecule has 0 radical (unpaired) electrons. The lowest BCUT2D eigenvalue weighted by Crippen LogP contribution is -2.47. The zero-order valence-electron chi connectivity index (χ0n) is 18.3. The molecule has 2 fully saturated rings. The number of hydrogen-bond acceptors (Lipinski definition) is 4. The van der Waals surface area contributed by atoms with E-state index in [-0.39, 0.29) is 5.92 Å². The van der Waals surface area contributed by atoms with Gasteiger partial charge in [-0.3, -0.25) is 4.79 Å². The minimum absolute atomic E-state index is 0.0937. The highest BCUT2D eigenvalue weighted by atomic mass is 32.1. The van der Waals surface area contributed by atoms with Gasteiger partial charge in [0.05, 0.1) is 5.92 Å². The van der Waals surface area contributed by atoms with Gasteiger partial charge in [-0.05, 0) is 62.6 Å². The van der Waals surface area contributed by atoms with Crippen LogP contribution in [0.1, 0.15) is 36.1 Å². The van der Waals surface area contributed by atoms with E-state index in [2.05, 4.69) is 59.2 Å². The maximum atomic E-state index is 13.3. The fourth-order valence-corrected chi connectivity index (χ4v) is 6.17. The number of amides is 1. The molecule has 0 saturated carbocycles. The number of fused-ring (bicyclic) bond motifs is 1. The van der Waals surface area contributed by atoms with E-state index < -0.39 is 0 Å². The first-order chi connectivity index (χ1) is 15.2. The Kier molecular flexibility index (Phi) is 5.95. The molecule has 1 aromatic carbocycles. The Bertz CT molecular complexity index is 1040. The summed E-state index contributed by atoms with van der Waals surface area (Å²) in [4.78, 5) is 23.9. The van der Waals surface area contributed by atoms with Gasteiger partial charge in [-0.1, -0.05) is 30.3 Å². The first kappa shape index (κ1) is 20.5. The largest absolute Gasteiger partial charge is 0.355 e. The Morgan fingerprint density at radius 1 is 1.10 bits per heavy atom. The van der Waals surface area contributed by atoms with E-state index in [1.165, 1.54) is 20.5 Å². The monoisotopic (exact) mass is 433 g/mol. The normalized spacial score (nSPS) is 20.4. The number of carbonyl (C=O) groups excluding carboxylic acids is 1. The Labute approximate surface area is 188 Å². The highest BCUT2D eigenvalue weighted by Crippen LogP contribution is 2.34. The van der Waals surface area contributed by atoms with Gasteiger partial charge in [0.2, 0.25) is 5.91 Å². The van der Waals surface area contributed by atoms with Gasteiger partial charge < -0.3 is 9.80 Å². The molecule has 2 aliphatic heterocycles. The van der Waals surface area contributed by atoms with Crippen molar-refractivity contribution in [3.05, 3.63) is 59.1 Å². The molecule has 1 amide bonds. The second-order valence-electron chi connectivity index (χ2n) is 9.15. The van der Waals surface area contributed by atoms with Crippen LogP contribution in [0.5, 0.6) is 0 Å². The average molecular weight is 434 g/mol. The predicted molar refractivity (Wildman–Crippen MR) is 129 cm³/mol. The number of rotatable bonds is 4. The van der Waals surface area contributed by atoms with Crippen LogP contribution < -0.4 is 4.90 Å². The molecule has 2 aliphatic rings. The minimum Gasteiger partial charge on any atom is -0.355 e. The van der Waals surface area contributed by atoms with E-state index in [0.29, 0.717) is 11.8 Å². The summed E-state index contributed by atoms with van der Waals surface area (Å²) < 4.78 is 1.29. The number of anilines is 1. The van der Waals surface area contributed by atoms with Crippen molar-refractivity contribution in [2.75, 3.05) is 31.1 Å². The van der Waals surface area contributed by atoms with Crippen LogP contribution in [0.25, 0.3) is 10.1 Å². The van der Waals surface area contributed by atoms with Crippen LogP contribution in [0, 0.1) is 18.8 Å². The van der Waals surface area contributed by atoms with Crippen molar-refractivity contribution in [2.45, 2.75) is 39.0 Å². The Balaban J connectivity index is 1.21. The first-order valence-electron chi connectivity index (χ1n) is 11.6. The molecular weight excluding hydrogens is 402 g/mol. The number of thiophene rings is 1. The molecule has 162 valence electrons. The number of carbonyl (C=O) groups is 1. The summed E-state index contributed by atoms with van der Waals surface area (Å²) >= 11 is 1.82. The minimum atomic E-state index is 0.0937. The van der Waals surface area contributed by atoms with E-state index in [0.717, 1.165) is 64.1 Å². The van der Waals surface area contributed by atoms with Gasteiger partial charge in [0.15, 0.2) is 0 Å². The van der Waals surface area contributed by atoms with Gasteiger partial charge >= 0.3 is 0 Å². The predicted octanol–water partition coefficient (Wildman–Crippen LogP) is 5.30. The highest BCUT2D eigenvalue weighted by Gasteiger charge is 2.32. The lowest BCUT2D eigenvalue weighted by molar-refractivity contribution is -0.137. The number of nitrogens with zero attached hydrogens (tertiary/aromatic N) is 3. The molecule has 5 heteroatoms. The van der Waals surface area contributed by atoms with E-state index in [9.17, 15) is 4.79 Å². The summed E-state index contributed by atoms with van der Waals surface area (Å²) in [6.07, 6.45) is 7.34. The van der Waals surface area contributed by atoms with Crippen molar-refractivity contribution in [1.82, 2.24) is 9.88 Å². The lowest BCUT2D eigenvalue weighted by atomic mass is 9.89. The summed E-state index contributed by atoms with van der Waals surface area (Å²) in [5.74, 6) is 2.20. The zero-order chi connectivity index (χ0) is 21.2. The van der Waals surface area contributed by atoms with Crippen LogP contribution in [0.2, 0.25) is 0 Å². The standard InChI is InChI=1S/C26H31N3OS/c1-19-16-23-24(31-19)9-12-27-25(23)29-13-5-8-22(18-29)26(30)28-14-10-21(11-15-28)17-20-6-3-2-4-7-20/h2-4,6-7,9,12,16,21-22H,5,8,10-11,13-15,17-18H2,1H3. The molecule has 0 bridgehead atoms. The Morgan fingerprint density at radius 3 is 2.71 bits per heavy atom. The summed E-state index contributed by atoms with van der Waals surface area (Å²) in [6, 6.07) is 15.1. The molecule has 0 aliphatic carbocycles. The second kappa shape index (κ2) is 8.99. The average Bonchev–Trinajstić information content (AvgIpc) is 3.20. The molecular formula is C26H31N3OS. The van der Waals surface area contributed by atoms with Gasteiger partial charge in [-0.25, -0.2) is 4.98 Å². The van der Waals surface area contributed by atoms with E-state index >= 15 is 0 Å². The summed E-state index contributed by atoms with van der Waals surface area (Å²) in [5.41, 5.74) is 1.42. The summed E-state index contributed by atoms with van der Waals surface area (Å²) in [6.45, 7) is 5.75. The number of benzene rings is 1. The first-order valence-corrected chi connectivity index (χ1v) is 12.4. The molecule has 4 heterocycles. The van der Waals surface area contributed by atoms with Crippen LogP contribution in [-0.2, 0) is 11.2 Å². The van der Waals surface area contributed by atoms with Gasteiger partial charge in [0, 0.05) is 47.3 Å². The fraction of sp³-hybridized carbons (Fsp3) is 0.462. The number of hydrogen-bond donors (Lipinski definition) is 0. The molecule has 2 saturated heterocycles. The lowest BCUT2D eigenvalue weighted by Gasteiger charge is -2.38. The quantitative estimate of drug-likeness (QED) is 0.560. The zero-order valence-corrected chi connectivity index (χ0v) is 19.1. The van der Waals surface area contributed by atoms with Gasteiger partial charge in [-0.2, -0.15) is 0 Å². The molecule has 0 spiro atoms. The smallest absolute Gasteiger partial charge is 0.227 e. The van der Waals surface area contributed by atoms with Crippen molar-refractivity contribution in [3.63, 3.8) is 0 Å². The highest BCUT2D eigenvalue weighted by molar-refractivity contribution is 7.19. The van der Waals surface area contributed by atoms with Crippen molar-refractivity contribution in [3.8, 4) is 0 Å². The summed E-state index contributed by atoms with van der Waals surface area (Å²) in [7, 11) is 0. The third kappa shape index (κ3) is 4.47. The Hall–Kier alpha value is -2.40. The molecule has 1 unspecified atom stereocenters. The van der Waals surface area contributed by atoms with Gasteiger partial charge in [0.25, 0.3) is 0 Å². The second-order valence-corrected chi connectivity index (χ2v) is 10.4. The molecule has 4 nitrogen and oxygen atoms in total. The van der Waals surface area contributed by atoms with Crippen LogP contribution in [0.15, 0.2) is 48.7 Å². The van der Waals surface area contributed by atoms with Crippen molar-refractivity contribution >= 4 is 33.1 Å². The number of aromatic nitrogens is 1. The van der Waals surface area contributed by atoms with Gasteiger partial charge in [0.1, 0.15) is 5.82 Å². The maximum Gasteiger partial charge on any atom is 0.227 e. The van der Waals surface area contributed by atoms with E-state index in [4.69, 9.17) is 4.98 Å². The fourth-order valence-electron chi connectivity index (χ4n) is 5.26. The number of likely N-dealkylation sites (tertiary alicyclic amines) is 1. The van der Waals surface area contributed by atoms with Crippen molar-refractivity contribution in [1.29, 1.82) is 0 Å². The molecule has 0 N–H and O–H groups in total. The van der Waals surface area contributed by atoms with Crippen LogP contribution in [0.3, 0.4) is 0 Å². The Morgan fingerprint density at radius 2 is 1.90 bits per heavy atom. The van der Waals surface area contributed by atoms with Crippen LogP contribution in [0.4, 0.5) is 5.82 Å². The van der Waals surface area contributed by atoms with Crippen molar-refractivity contribution in [2.24, 2.45) is 11.8 Å². The number of piperidine rings is 2. The third-order valence-electron chi connectivity index (χ3n) is 6.91. The van der Waals surface area contributed by atoms with Crippen molar-refractivity contribution < 1.29 is 4.79 Å². The molecule has 3 aromatic rings.